The van der Waals surface area contributed by atoms with Gasteiger partial charge in [-0.2, -0.15) is 0 Å². The van der Waals surface area contributed by atoms with Crippen molar-refractivity contribution in [3.63, 3.8) is 0 Å². The number of hydrogen-bond donors (Lipinski definition) is 1. The van der Waals surface area contributed by atoms with E-state index in [9.17, 15) is 0 Å². The smallest absolute Gasteiger partial charge is 0.0465 e. The Bertz CT molecular complexity index is 451. The number of piperazine rings is 1. The van der Waals surface area contributed by atoms with Gasteiger partial charge in [0.2, 0.25) is 0 Å². The summed E-state index contributed by atoms with van der Waals surface area (Å²) in [6.07, 6.45) is 0. The zero-order valence-electron chi connectivity index (χ0n) is 12.7. The van der Waals surface area contributed by atoms with E-state index in [4.69, 9.17) is 23.2 Å². The van der Waals surface area contributed by atoms with Crippen LogP contribution < -0.4 is 5.32 Å². The van der Waals surface area contributed by atoms with E-state index in [-0.39, 0.29) is 5.54 Å². The van der Waals surface area contributed by atoms with Crippen molar-refractivity contribution in [3.8, 4) is 0 Å². The van der Waals surface area contributed by atoms with Gasteiger partial charge in [-0.05, 0) is 31.9 Å². The quantitative estimate of drug-likeness (QED) is 0.899. The van der Waals surface area contributed by atoms with Crippen molar-refractivity contribution in [1.82, 2.24) is 10.2 Å². The lowest BCUT2D eigenvalue weighted by molar-refractivity contribution is 0.0475. The Labute approximate surface area is 132 Å². The molecule has 0 saturated carbocycles. The Kier molecular flexibility index (Phi) is 5.01. The summed E-state index contributed by atoms with van der Waals surface area (Å²) in [6, 6.07) is 6.24. The lowest BCUT2D eigenvalue weighted by atomic mass is 9.92. The molecule has 2 rings (SSSR count). The van der Waals surface area contributed by atoms with Crippen molar-refractivity contribution in [3.05, 3.63) is 33.8 Å². The SMILES string of the molecule is CC(C)C1CN(Cc2c(Cl)cccc2Cl)C(C)(C)CN1. The van der Waals surface area contributed by atoms with Crippen molar-refractivity contribution >= 4 is 23.2 Å². The van der Waals surface area contributed by atoms with Gasteiger partial charge in [-0.1, -0.05) is 43.1 Å². The molecule has 1 N–H and O–H groups in total. The average molecular weight is 315 g/mol. The minimum atomic E-state index is 0.105. The zero-order valence-corrected chi connectivity index (χ0v) is 14.2. The summed E-state index contributed by atoms with van der Waals surface area (Å²) >= 11 is 12.6. The van der Waals surface area contributed by atoms with Gasteiger partial charge < -0.3 is 5.32 Å². The maximum Gasteiger partial charge on any atom is 0.0465 e. The third-order valence-corrected chi connectivity index (χ3v) is 4.99. The molecule has 1 aliphatic heterocycles. The molecule has 1 unspecified atom stereocenters. The van der Waals surface area contributed by atoms with Crippen LogP contribution in [-0.4, -0.2) is 29.6 Å². The highest BCUT2D eigenvalue weighted by atomic mass is 35.5. The molecule has 1 aromatic carbocycles. The fourth-order valence-corrected chi connectivity index (χ4v) is 3.16. The Hall–Kier alpha value is -0.280. The van der Waals surface area contributed by atoms with Gasteiger partial charge in [0, 0.05) is 46.8 Å². The van der Waals surface area contributed by atoms with Gasteiger partial charge in [-0.15, -0.1) is 0 Å². The van der Waals surface area contributed by atoms with Crippen LogP contribution in [0, 0.1) is 5.92 Å². The van der Waals surface area contributed by atoms with E-state index in [2.05, 4.69) is 37.9 Å². The summed E-state index contributed by atoms with van der Waals surface area (Å²) in [6.45, 7) is 11.9. The highest BCUT2D eigenvalue weighted by Crippen LogP contribution is 2.30. The predicted octanol–water partition coefficient (Wildman–Crippen LogP) is 4.20. The summed E-state index contributed by atoms with van der Waals surface area (Å²) in [5.41, 5.74) is 1.14. The van der Waals surface area contributed by atoms with Gasteiger partial charge in [0.05, 0.1) is 0 Å². The van der Waals surface area contributed by atoms with Gasteiger partial charge in [0.25, 0.3) is 0 Å². The van der Waals surface area contributed by atoms with Crippen LogP contribution in [0.15, 0.2) is 18.2 Å². The Balaban J connectivity index is 2.20. The van der Waals surface area contributed by atoms with Crippen LogP contribution in [0.1, 0.15) is 33.3 Å². The number of benzene rings is 1. The van der Waals surface area contributed by atoms with Crippen molar-refractivity contribution in [2.45, 2.75) is 45.8 Å². The molecule has 0 spiro atoms. The minimum Gasteiger partial charge on any atom is -0.311 e. The minimum absolute atomic E-state index is 0.105. The fourth-order valence-electron chi connectivity index (χ4n) is 2.64. The first-order valence-corrected chi connectivity index (χ1v) is 7.98. The lowest BCUT2D eigenvalue weighted by Gasteiger charge is -2.47. The van der Waals surface area contributed by atoms with Crippen LogP contribution in [0.4, 0.5) is 0 Å². The number of hydrogen-bond acceptors (Lipinski definition) is 2. The molecular formula is C16H24Cl2N2. The van der Waals surface area contributed by atoms with Crippen LogP contribution in [-0.2, 0) is 6.54 Å². The number of nitrogens with zero attached hydrogens (tertiary/aromatic N) is 1. The Morgan fingerprint density at radius 1 is 1.30 bits per heavy atom. The molecular weight excluding hydrogens is 291 g/mol. The van der Waals surface area contributed by atoms with Crippen LogP contribution in [0.3, 0.4) is 0 Å². The molecule has 0 amide bonds. The maximum atomic E-state index is 6.31. The molecule has 0 bridgehead atoms. The van der Waals surface area contributed by atoms with E-state index < -0.39 is 0 Å². The van der Waals surface area contributed by atoms with Gasteiger partial charge >= 0.3 is 0 Å². The first kappa shape index (κ1) is 16.1. The van der Waals surface area contributed by atoms with E-state index in [1.54, 1.807) is 0 Å². The topological polar surface area (TPSA) is 15.3 Å². The van der Waals surface area contributed by atoms with E-state index in [0.29, 0.717) is 12.0 Å². The molecule has 1 aromatic rings. The second-order valence-corrected chi connectivity index (χ2v) is 7.44. The second-order valence-electron chi connectivity index (χ2n) is 6.62. The third kappa shape index (κ3) is 3.48. The summed E-state index contributed by atoms with van der Waals surface area (Å²) in [5.74, 6) is 0.621. The monoisotopic (exact) mass is 314 g/mol. The fraction of sp³-hybridized carbons (Fsp3) is 0.625. The molecule has 1 saturated heterocycles. The molecule has 4 heteroatoms. The van der Waals surface area contributed by atoms with Gasteiger partial charge in [-0.3, -0.25) is 4.90 Å². The molecule has 2 nitrogen and oxygen atoms in total. The molecule has 1 fully saturated rings. The first-order chi connectivity index (χ1) is 9.31. The number of nitrogens with one attached hydrogen (secondary N) is 1. The largest absolute Gasteiger partial charge is 0.311 e. The van der Waals surface area contributed by atoms with Crippen LogP contribution in [0.2, 0.25) is 10.0 Å². The van der Waals surface area contributed by atoms with Crippen LogP contribution in [0.25, 0.3) is 0 Å². The van der Waals surface area contributed by atoms with Crippen molar-refractivity contribution < 1.29 is 0 Å². The predicted molar refractivity (Wildman–Crippen MR) is 87.6 cm³/mol. The summed E-state index contributed by atoms with van der Waals surface area (Å²) in [5, 5.41) is 5.16. The van der Waals surface area contributed by atoms with Crippen LogP contribution >= 0.6 is 23.2 Å². The van der Waals surface area contributed by atoms with Crippen molar-refractivity contribution in [1.29, 1.82) is 0 Å². The van der Waals surface area contributed by atoms with Gasteiger partial charge in [-0.25, -0.2) is 0 Å². The Morgan fingerprint density at radius 2 is 1.90 bits per heavy atom. The number of halogens is 2. The lowest BCUT2D eigenvalue weighted by Crippen LogP contribution is -2.62. The molecule has 0 aliphatic carbocycles. The first-order valence-electron chi connectivity index (χ1n) is 7.22. The summed E-state index contributed by atoms with van der Waals surface area (Å²) in [7, 11) is 0. The molecule has 0 radical (unpaired) electrons. The standard InChI is InChI=1S/C16H24Cl2N2/c1-11(2)15-9-20(16(3,4)10-19-15)8-12-13(17)6-5-7-14(12)18/h5-7,11,15,19H,8-10H2,1-4H3. The molecule has 1 heterocycles. The maximum absolute atomic E-state index is 6.31. The highest BCUT2D eigenvalue weighted by molar-refractivity contribution is 6.35. The highest BCUT2D eigenvalue weighted by Gasteiger charge is 2.35. The molecule has 112 valence electrons. The molecule has 1 atom stereocenters. The molecule has 0 aromatic heterocycles. The second kappa shape index (κ2) is 6.23. The molecule has 20 heavy (non-hydrogen) atoms. The van der Waals surface area contributed by atoms with Crippen LogP contribution in [0.5, 0.6) is 0 Å². The Morgan fingerprint density at radius 3 is 2.45 bits per heavy atom. The molecule has 1 aliphatic rings. The normalized spacial score (nSPS) is 23.2. The summed E-state index contributed by atoms with van der Waals surface area (Å²) < 4.78 is 0. The average Bonchev–Trinajstić information content (AvgIpc) is 2.35. The zero-order chi connectivity index (χ0) is 14.9. The van der Waals surface area contributed by atoms with Gasteiger partial charge in [0.1, 0.15) is 0 Å². The van der Waals surface area contributed by atoms with E-state index in [1.807, 2.05) is 18.2 Å². The van der Waals surface area contributed by atoms with E-state index >= 15 is 0 Å². The van der Waals surface area contributed by atoms with E-state index in [0.717, 1.165) is 35.2 Å². The summed E-state index contributed by atoms with van der Waals surface area (Å²) in [4.78, 5) is 2.49. The van der Waals surface area contributed by atoms with Crippen molar-refractivity contribution in [2.75, 3.05) is 13.1 Å². The van der Waals surface area contributed by atoms with Crippen molar-refractivity contribution in [2.24, 2.45) is 5.92 Å². The number of rotatable bonds is 3. The van der Waals surface area contributed by atoms with Gasteiger partial charge in [0.15, 0.2) is 0 Å². The van der Waals surface area contributed by atoms with E-state index in [1.165, 1.54) is 0 Å². The third-order valence-electron chi connectivity index (χ3n) is 4.29.